The van der Waals surface area contributed by atoms with Crippen molar-refractivity contribution in [2.45, 2.75) is 53.4 Å². The summed E-state index contributed by atoms with van der Waals surface area (Å²) in [5.74, 6) is 2.92. The summed E-state index contributed by atoms with van der Waals surface area (Å²) >= 11 is 0. The second kappa shape index (κ2) is 11.7. The molecule has 0 aliphatic carbocycles. The van der Waals surface area contributed by atoms with E-state index in [1.807, 2.05) is 47.4 Å². The zero-order valence-electron chi connectivity index (χ0n) is 26.6. The Morgan fingerprint density at radius 1 is 0.800 bits per heavy atom. The molecule has 3 aromatic heterocycles. The lowest BCUT2D eigenvalue weighted by Gasteiger charge is -2.16. The van der Waals surface area contributed by atoms with E-state index in [0.717, 1.165) is 52.4 Å². The molecule has 0 saturated carbocycles. The predicted octanol–water partition coefficient (Wildman–Crippen LogP) is 10.5. The van der Waals surface area contributed by atoms with E-state index in [1.54, 1.807) is 0 Å². The van der Waals surface area contributed by atoms with Crippen LogP contribution >= 0.6 is 0 Å². The molecule has 0 amide bonds. The Morgan fingerprint density at radius 3 is 2.44 bits per heavy atom. The van der Waals surface area contributed by atoms with Crippen LogP contribution in [0.15, 0.2) is 110 Å². The lowest BCUT2D eigenvalue weighted by atomic mass is 9.89. The van der Waals surface area contributed by atoms with Crippen LogP contribution in [0.2, 0.25) is 0 Å². The average molecular weight is 591 g/mol. The van der Waals surface area contributed by atoms with Gasteiger partial charge in [-0.05, 0) is 96.5 Å². The normalized spacial score (nSPS) is 11.6. The molecule has 224 valence electrons. The van der Waals surface area contributed by atoms with Crippen LogP contribution in [0.1, 0.15) is 55.4 Å². The second-order valence-corrected chi connectivity index (χ2v) is 12.3. The maximum absolute atomic E-state index is 6.48. The predicted molar refractivity (Wildman–Crippen MR) is 185 cm³/mol. The molecule has 0 fully saturated rings. The summed E-state index contributed by atoms with van der Waals surface area (Å²) in [5.41, 5.74) is 10.8. The van der Waals surface area contributed by atoms with Crippen LogP contribution in [-0.4, -0.2) is 19.3 Å². The van der Waals surface area contributed by atoms with Crippen LogP contribution in [0.3, 0.4) is 0 Å². The van der Waals surface area contributed by atoms with Crippen molar-refractivity contribution >= 4 is 21.8 Å². The fourth-order valence-electron chi connectivity index (χ4n) is 6.43. The zero-order chi connectivity index (χ0) is 31.1. The van der Waals surface area contributed by atoms with Gasteiger partial charge in [0, 0.05) is 40.9 Å². The van der Waals surface area contributed by atoms with Gasteiger partial charge in [-0.15, -0.1) is 0 Å². The highest BCUT2D eigenvalue weighted by atomic mass is 16.5. The van der Waals surface area contributed by atoms with Crippen LogP contribution in [0.25, 0.3) is 44.4 Å². The van der Waals surface area contributed by atoms with Crippen molar-refractivity contribution in [3.8, 4) is 34.1 Å². The lowest BCUT2D eigenvalue weighted by molar-refractivity contribution is 0.483. The van der Waals surface area contributed by atoms with E-state index in [9.17, 15) is 0 Å². The molecular weight excluding hydrogens is 552 g/mol. The van der Waals surface area contributed by atoms with E-state index in [0.29, 0.717) is 5.92 Å². The van der Waals surface area contributed by atoms with E-state index in [-0.39, 0.29) is 0 Å². The Kier molecular flexibility index (Phi) is 7.46. The number of hydrogen-bond acceptors (Lipinski definition) is 3. The molecule has 5 heteroatoms. The molecule has 0 spiro atoms. The highest BCUT2D eigenvalue weighted by Gasteiger charge is 2.16. The van der Waals surface area contributed by atoms with Crippen molar-refractivity contribution in [3.05, 3.63) is 132 Å². The standard InChI is InChI=1S/C40H38N4O/c1-6-10-29-21-30(26(2)3)20-28(5)40(29)31-24-42-43(25-31)32-11-9-12-33(22-32)45-34-15-16-36-35-13-7-8-14-37(35)44(38(36)23-34)39-19-27(4)17-18-41-39/h7-9,11-26H,6,10H2,1-5H3. The molecule has 0 atom stereocenters. The number of pyridine rings is 1. The number of benzene rings is 4. The smallest absolute Gasteiger partial charge is 0.137 e. The first-order chi connectivity index (χ1) is 21.9. The quantitative estimate of drug-likeness (QED) is 0.177. The van der Waals surface area contributed by atoms with Gasteiger partial charge < -0.3 is 4.74 Å². The van der Waals surface area contributed by atoms with E-state index in [1.165, 1.54) is 38.6 Å². The monoisotopic (exact) mass is 590 g/mol. The van der Waals surface area contributed by atoms with Gasteiger partial charge in [0.15, 0.2) is 0 Å². The van der Waals surface area contributed by atoms with Gasteiger partial charge in [-0.3, -0.25) is 4.57 Å². The number of fused-ring (bicyclic) bond motifs is 3. The molecule has 0 bridgehead atoms. The fourth-order valence-corrected chi connectivity index (χ4v) is 6.43. The summed E-state index contributed by atoms with van der Waals surface area (Å²) in [4.78, 5) is 4.71. The second-order valence-electron chi connectivity index (χ2n) is 12.3. The average Bonchev–Trinajstić information content (AvgIpc) is 3.64. The Bertz CT molecular complexity index is 2170. The minimum atomic E-state index is 0.502. The van der Waals surface area contributed by atoms with Crippen molar-refractivity contribution < 1.29 is 4.74 Å². The number of ether oxygens (including phenoxy) is 1. The molecule has 7 rings (SSSR count). The van der Waals surface area contributed by atoms with Crippen LogP contribution in [0.5, 0.6) is 11.5 Å². The van der Waals surface area contributed by atoms with Gasteiger partial charge in [-0.25, -0.2) is 9.67 Å². The summed E-state index contributed by atoms with van der Waals surface area (Å²) in [6.45, 7) is 11.1. The largest absolute Gasteiger partial charge is 0.457 e. The lowest BCUT2D eigenvalue weighted by Crippen LogP contribution is -1.98. The Morgan fingerprint density at radius 2 is 1.62 bits per heavy atom. The molecule has 0 saturated heterocycles. The van der Waals surface area contributed by atoms with Gasteiger partial charge in [0.1, 0.15) is 17.3 Å². The SMILES string of the molecule is CCCc1cc(C(C)C)cc(C)c1-c1cnn(-c2cccc(Oc3ccc4c5ccccc5n(-c5cc(C)ccn5)c4c3)c2)c1. The number of aryl methyl sites for hydroxylation is 3. The molecule has 0 N–H and O–H groups in total. The first-order valence-electron chi connectivity index (χ1n) is 15.8. The highest BCUT2D eigenvalue weighted by Crippen LogP contribution is 2.36. The molecule has 7 aromatic rings. The van der Waals surface area contributed by atoms with E-state index < -0.39 is 0 Å². The third-order valence-electron chi connectivity index (χ3n) is 8.59. The van der Waals surface area contributed by atoms with Crippen molar-refractivity contribution in [2.75, 3.05) is 0 Å². The molecule has 4 aromatic carbocycles. The minimum Gasteiger partial charge on any atom is -0.457 e. The van der Waals surface area contributed by atoms with Gasteiger partial charge in [-0.2, -0.15) is 5.10 Å². The van der Waals surface area contributed by atoms with E-state index in [4.69, 9.17) is 14.8 Å². The number of nitrogens with zero attached hydrogens (tertiary/aromatic N) is 4. The Balaban J connectivity index is 1.23. The van der Waals surface area contributed by atoms with Crippen LogP contribution < -0.4 is 4.74 Å². The Labute approximate surface area is 264 Å². The Hall–Kier alpha value is -5.16. The van der Waals surface area contributed by atoms with Crippen LogP contribution in [0, 0.1) is 13.8 Å². The van der Waals surface area contributed by atoms with Crippen LogP contribution in [-0.2, 0) is 6.42 Å². The van der Waals surface area contributed by atoms with Crippen molar-refractivity contribution in [2.24, 2.45) is 0 Å². The first-order valence-corrected chi connectivity index (χ1v) is 15.8. The van der Waals surface area contributed by atoms with Crippen molar-refractivity contribution in [3.63, 3.8) is 0 Å². The van der Waals surface area contributed by atoms with Gasteiger partial charge in [0.05, 0.1) is 22.9 Å². The number of hydrogen-bond donors (Lipinski definition) is 0. The van der Waals surface area contributed by atoms with E-state index in [2.05, 4.69) is 106 Å². The topological polar surface area (TPSA) is 44.9 Å². The summed E-state index contributed by atoms with van der Waals surface area (Å²) in [6.07, 6.45) is 8.14. The van der Waals surface area contributed by atoms with Gasteiger partial charge in [-0.1, -0.05) is 63.6 Å². The fraction of sp³-hybridized carbons (Fsp3) is 0.200. The molecule has 0 aliphatic rings. The number of para-hydroxylation sites is 1. The van der Waals surface area contributed by atoms with E-state index >= 15 is 0 Å². The van der Waals surface area contributed by atoms with Crippen molar-refractivity contribution in [1.29, 1.82) is 0 Å². The highest BCUT2D eigenvalue weighted by molar-refractivity contribution is 6.09. The van der Waals surface area contributed by atoms with Gasteiger partial charge >= 0.3 is 0 Å². The first kappa shape index (κ1) is 28.6. The van der Waals surface area contributed by atoms with Gasteiger partial charge in [0.25, 0.3) is 0 Å². The molecular formula is C40H38N4O. The summed E-state index contributed by atoms with van der Waals surface area (Å²) in [6, 6.07) is 31.7. The molecule has 45 heavy (non-hydrogen) atoms. The van der Waals surface area contributed by atoms with Crippen LogP contribution in [0.4, 0.5) is 0 Å². The minimum absolute atomic E-state index is 0.502. The summed E-state index contributed by atoms with van der Waals surface area (Å²) < 4.78 is 10.6. The number of aromatic nitrogens is 4. The third-order valence-corrected chi connectivity index (χ3v) is 8.59. The van der Waals surface area contributed by atoms with Crippen molar-refractivity contribution in [1.82, 2.24) is 19.3 Å². The third kappa shape index (κ3) is 5.40. The van der Waals surface area contributed by atoms with Gasteiger partial charge in [0.2, 0.25) is 0 Å². The zero-order valence-corrected chi connectivity index (χ0v) is 26.6. The summed E-state index contributed by atoms with van der Waals surface area (Å²) in [5, 5.41) is 7.13. The summed E-state index contributed by atoms with van der Waals surface area (Å²) in [7, 11) is 0. The molecule has 5 nitrogen and oxygen atoms in total. The molecule has 0 radical (unpaired) electrons. The molecule has 0 unspecified atom stereocenters. The molecule has 0 aliphatic heterocycles. The molecule has 3 heterocycles. The maximum Gasteiger partial charge on any atom is 0.137 e. The maximum atomic E-state index is 6.48. The number of rotatable bonds is 8.